The highest BCUT2D eigenvalue weighted by Crippen LogP contribution is 2.01. The Hall–Kier alpha value is 0.520. The van der Waals surface area contributed by atoms with Gasteiger partial charge in [-0.05, 0) is 0 Å². The van der Waals surface area contributed by atoms with Crippen LogP contribution in [0.5, 0.6) is 0 Å². The minimum absolute atomic E-state index is 0. The highest BCUT2D eigenvalue weighted by Gasteiger charge is 2.04. The lowest BCUT2D eigenvalue weighted by atomic mass is 10.6. The van der Waals surface area contributed by atoms with E-state index in [9.17, 15) is 0 Å². The van der Waals surface area contributed by atoms with Crippen LogP contribution in [0, 0.1) is 0 Å². The minimum atomic E-state index is 0. The minimum Gasteiger partial charge on any atom is -0.362 e. The second-order valence-electron chi connectivity index (χ2n) is 2.26. The van der Waals surface area contributed by atoms with Crippen LogP contribution in [0.1, 0.15) is 0 Å². The first-order valence-electron chi connectivity index (χ1n) is 3.06. The van der Waals surface area contributed by atoms with Crippen molar-refractivity contribution in [2.75, 3.05) is 20.3 Å². The van der Waals surface area contributed by atoms with Crippen LogP contribution in [0.4, 0.5) is 0 Å². The molecule has 1 heterocycles. The summed E-state index contributed by atoms with van der Waals surface area (Å²) in [4.78, 5) is 4.32. The fraction of sp³-hybridized carbons (Fsp3) is 0.429. The first-order valence-corrected chi connectivity index (χ1v) is 3.06. The van der Waals surface area contributed by atoms with E-state index in [4.69, 9.17) is 0 Å². The van der Waals surface area contributed by atoms with Gasteiger partial charge in [0.25, 0.3) is 0 Å². The van der Waals surface area contributed by atoms with Crippen LogP contribution in [-0.4, -0.2) is 30.1 Å². The zero-order valence-corrected chi connectivity index (χ0v) is 12.1. The van der Waals surface area contributed by atoms with E-state index in [1.807, 2.05) is 6.08 Å². The van der Waals surface area contributed by atoms with Crippen LogP contribution in [0.3, 0.4) is 0 Å². The van der Waals surface area contributed by atoms with Crippen LogP contribution in [-0.2, 0) is 0 Å². The summed E-state index contributed by atoms with van der Waals surface area (Å²) in [6.07, 6.45) is 6.04. The summed E-state index contributed by atoms with van der Waals surface area (Å²) in [6.45, 7) is 5.59. The molecule has 0 fully saturated rings. The highest BCUT2D eigenvalue weighted by atomic mass is 79.9. The molecule has 0 saturated carbocycles. The molecule has 5 heteroatoms. The number of hydrogen-bond acceptors (Lipinski definition) is 2. The highest BCUT2D eigenvalue weighted by molar-refractivity contribution is 8.93. The molecule has 0 saturated heterocycles. The Kier molecular flexibility index (Phi) is 14.7. The van der Waals surface area contributed by atoms with Crippen LogP contribution in [0.2, 0.25) is 0 Å². The van der Waals surface area contributed by atoms with Crippen molar-refractivity contribution in [3.63, 3.8) is 0 Å². The molecular weight excluding hydrogens is 352 g/mol. The first-order chi connectivity index (χ1) is 4.33. The maximum atomic E-state index is 3.66. The van der Waals surface area contributed by atoms with E-state index >= 15 is 0 Å². The van der Waals surface area contributed by atoms with Crippen LogP contribution in [0.15, 0.2) is 25.1 Å². The van der Waals surface area contributed by atoms with E-state index in [-0.39, 0.29) is 50.9 Å². The quantitative estimate of drug-likeness (QED) is 0.693. The Bertz CT molecular complexity index is 139. The first kappa shape index (κ1) is 18.3. The summed E-state index contributed by atoms with van der Waals surface area (Å²) in [7, 11) is 2.06. The molecule has 0 aliphatic carbocycles. The zero-order valence-electron chi connectivity index (χ0n) is 6.97. The van der Waals surface area contributed by atoms with Gasteiger partial charge in [0.15, 0.2) is 0 Å². The van der Waals surface area contributed by atoms with Gasteiger partial charge in [-0.3, -0.25) is 0 Å². The Morgan fingerprint density at radius 2 is 1.92 bits per heavy atom. The molecule has 0 unspecified atom stereocenters. The van der Waals surface area contributed by atoms with Crippen molar-refractivity contribution >= 4 is 50.9 Å². The van der Waals surface area contributed by atoms with E-state index in [2.05, 4.69) is 35.8 Å². The Labute approximate surface area is 106 Å². The Balaban J connectivity index is -0.000000270. The Morgan fingerprint density at radius 3 is 2.25 bits per heavy atom. The summed E-state index contributed by atoms with van der Waals surface area (Å²) in [6, 6.07) is 0. The van der Waals surface area contributed by atoms with Gasteiger partial charge in [-0.25, -0.2) is 0 Å². The second-order valence-corrected chi connectivity index (χ2v) is 2.26. The smallest absolute Gasteiger partial charge is 0.0894 e. The topological polar surface area (TPSA) is 6.48 Å². The van der Waals surface area contributed by atoms with Crippen molar-refractivity contribution in [2.45, 2.75) is 0 Å². The van der Waals surface area contributed by atoms with E-state index < -0.39 is 0 Å². The molecule has 12 heavy (non-hydrogen) atoms. The average Bonchev–Trinajstić information content (AvgIpc) is 2.17. The summed E-state index contributed by atoms with van der Waals surface area (Å²) in [5.41, 5.74) is 0. The van der Waals surface area contributed by atoms with Crippen molar-refractivity contribution in [1.29, 1.82) is 0 Å². The van der Waals surface area contributed by atoms with Gasteiger partial charge in [-0.1, -0.05) is 6.08 Å². The van der Waals surface area contributed by atoms with Crippen molar-refractivity contribution in [1.82, 2.24) is 9.80 Å². The molecule has 0 aromatic rings. The molecule has 0 radical (unpaired) electrons. The molecule has 0 spiro atoms. The second kappa shape index (κ2) is 9.61. The van der Waals surface area contributed by atoms with Gasteiger partial charge in [0.2, 0.25) is 0 Å². The summed E-state index contributed by atoms with van der Waals surface area (Å²) in [5, 5.41) is 0. The predicted molar refractivity (Wildman–Crippen MR) is 69.6 cm³/mol. The largest absolute Gasteiger partial charge is 0.362 e. The molecule has 1 aliphatic heterocycles. The molecule has 0 bridgehead atoms. The molecular formula is C7H15Br3N2. The van der Waals surface area contributed by atoms with Crippen molar-refractivity contribution in [3.8, 4) is 0 Å². The van der Waals surface area contributed by atoms with Crippen LogP contribution in [0.25, 0.3) is 0 Å². The number of halogens is 3. The third-order valence-electron chi connectivity index (χ3n) is 1.30. The van der Waals surface area contributed by atoms with Gasteiger partial charge in [-0.2, -0.15) is 0 Å². The van der Waals surface area contributed by atoms with Crippen molar-refractivity contribution in [2.24, 2.45) is 0 Å². The van der Waals surface area contributed by atoms with Gasteiger partial charge < -0.3 is 9.80 Å². The maximum Gasteiger partial charge on any atom is 0.0894 e. The molecule has 1 rings (SSSR count). The number of nitrogens with zero attached hydrogens (tertiary/aromatic N) is 2. The fourth-order valence-electron chi connectivity index (χ4n) is 0.873. The third kappa shape index (κ3) is 6.08. The molecule has 0 N–H and O–H groups in total. The predicted octanol–water partition coefficient (Wildman–Crippen LogP) is 2.58. The van der Waals surface area contributed by atoms with Gasteiger partial charge in [0.1, 0.15) is 0 Å². The summed E-state index contributed by atoms with van der Waals surface area (Å²) < 4.78 is 0. The molecule has 2 nitrogen and oxygen atoms in total. The van der Waals surface area contributed by atoms with E-state index in [0.717, 1.165) is 13.2 Å². The maximum absolute atomic E-state index is 3.66. The van der Waals surface area contributed by atoms with E-state index in [1.165, 1.54) is 0 Å². The SMILES string of the molecule is Br.Br.Br.C=CCN1C=CN(C)C1. The molecule has 74 valence electrons. The molecule has 0 aromatic heterocycles. The molecule has 1 aliphatic rings. The van der Waals surface area contributed by atoms with Crippen molar-refractivity contribution in [3.05, 3.63) is 25.1 Å². The van der Waals surface area contributed by atoms with E-state index in [1.54, 1.807) is 0 Å². The standard InChI is InChI=1S/C7H12N2.3BrH/c1-3-4-9-6-5-8(2)7-9;;;/h3,5-6H,1,4,7H2,2H3;3*1H. The van der Waals surface area contributed by atoms with Gasteiger partial charge in [0, 0.05) is 26.0 Å². The average molecular weight is 367 g/mol. The molecule has 0 atom stereocenters. The third-order valence-corrected chi connectivity index (χ3v) is 1.30. The van der Waals surface area contributed by atoms with Gasteiger partial charge in [0.05, 0.1) is 6.67 Å². The zero-order chi connectivity index (χ0) is 6.69. The lowest BCUT2D eigenvalue weighted by molar-refractivity contribution is 0.318. The molecule has 0 amide bonds. The molecule has 0 aromatic carbocycles. The Morgan fingerprint density at radius 1 is 1.33 bits per heavy atom. The van der Waals surface area contributed by atoms with Crippen LogP contribution >= 0.6 is 50.9 Å². The van der Waals surface area contributed by atoms with Crippen LogP contribution < -0.4 is 0 Å². The van der Waals surface area contributed by atoms with Gasteiger partial charge >= 0.3 is 0 Å². The lowest BCUT2D eigenvalue weighted by Crippen LogP contribution is -2.21. The number of rotatable bonds is 2. The lowest BCUT2D eigenvalue weighted by Gasteiger charge is -2.15. The van der Waals surface area contributed by atoms with Gasteiger partial charge in [-0.15, -0.1) is 57.5 Å². The monoisotopic (exact) mass is 364 g/mol. The summed E-state index contributed by atoms with van der Waals surface area (Å²) >= 11 is 0. The normalized spacial score (nSPS) is 12.8. The fourth-order valence-corrected chi connectivity index (χ4v) is 0.873. The summed E-state index contributed by atoms with van der Waals surface area (Å²) in [5.74, 6) is 0. The number of hydrogen-bond donors (Lipinski definition) is 0. The van der Waals surface area contributed by atoms with Crippen molar-refractivity contribution < 1.29 is 0 Å². The van der Waals surface area contributed by atoms with E-state index in [0.29, 0.717) is 0 Å².